The number of aryl methyl sites for hydroxylation is 1. The minimum absolute atomic E-state index is 0.158. The number of rotatable bonds is 2. The predicted octanol–water partition coefficient (Wildman–Crippen LogP) is 3.22. The van der Waals surface area contributed by atoms with Gasteiger partial charge in [0.25, 0.3) is 0 Å². The Bertz CT molecular complexity index is 634. The van der Waals surface area contributed by atoms with Crippen LogP contribution < -0.4 is 5.32 Å². The molecule has 0 spiro atoms. The number of benzene rings is 1. The van der Waals surface area contributed by atoms with E-state index in [9.17, 15) is 4.79 Å². The highest BCUT2D eigenvalue weighted by Gasteiger charge is 2.26. The molecule has 1 N–H and O–H groups in total. The van der Waals surface area contributed by atoms with E-state index in [-0.39, 0.29) is 11.9 Å². The molecule has 1 aromatic carbocycles. The summed E-state index contributed by atoms with van der Waals surface area (Å²) >= 11 is 0. The lowest BCUT2D eigenvalue weighted by Crippen LogP contribution is -2.38. The summed E-state index contributed by atoms with van der Waals surface area (Å²) in [5.74, 6) is 2.05. The number of fused-ring (bicyclic) bond motifs is 1. The third-order valence-electron chi connectivity index (χ3n) is 3.85. The van der Waals surface area contributed by atoms with Crippen LogP contribution in [0.4, 0.5) is 0 Å². The Balaban J connectivity index is 0.000000847. The van der Waals surface area contributed by atoms with E-state index >= 15 is 0 Å². The number of hydrogen-bond donors (Lipinski definition) is 1. The predicted molar refractivity (Wildman–Crippen MR) is 95.3 cm³/mol. The standard InChI is InChI=1S/C16H17N2OP.C2H6/c1-11-3-2-4-12-9-18(16(19)7-15(11)12)14-6-5-13(10-20)17-8-14;1-2/h2-6,8,10,13,17,20H,7,9H2,1H3;1-2H3. The number of carbonyl (C=O) groups excluding carboxylic acids is 1. The molecule has 2 heterocycles. The van der Waals surface area contributed by atoms with E-state index in [0.717, 1.165) is 5.70 Å². The van der Waals surface area contributed by atoms with Crippen molar-refractivity contribution in [1.29, 1.82) is 0 Å². The molecular formula is C18H23N2OP. The number of nitrogens with one attached hydrogen (secondary N) is 1. The molecule has 3 nitrogen and oxygen atoms in total. The quantitative estimate of drug-likeness (QED) is 0.850. The van der Waals surface area contributed by atoms with E-state index in [1.807, 2.05) is 42.9 Å². The van der Waals surface area contributed by atoms with Crippen LogP contribution in [0.3, 0.4) is 0 Å². The van der Waals surface area contributed by atoms with Gasteiger partial charge >= 0.3 is 0 Å². The molecule has 22 heavy (non-hydrogen) atoms. The van der Waals surface area contributed by atoms with Gasteiger partial charge in [-0.05, 0) is 35.5 Å². The molecular weight excluding hydrogens is 291 g/mol. The van der Waals surface area contributed by atoms with Gasteiger partial charge in [0.1, 0.15) is 0 Å². The molecule has 0 saturated heterocycles. The van der Waals surface area contributed by atoms with E-state index < -0.39 is 0 Å². The first-order valence-electron chi connectivity index (χ1n) is 7.72. The minimum Gasteiger partial charge on any atom is -0.379 e. The van der Waals surface area contributed by atoms with Crippen LogP contribution in [-0.2, 0) is 17.8 Å². The molecule has 0 fully saturated rings. The van der Waals surface area contributed by atoms with Crippen LogP contribution in [0, 0.1) is 6.92 Å². The summed E-state index contributed by atoms with van der Waals surface area (Å²) in [5, 5.41) is 3.23. The van der Waals surface area contributed by atoms with Crippen molar-refractivity contribution in [2.75, 3.05) is 0 Å². The number of carbonyl (C=O) groups is 1. The highest BCUT2D eigenvalue weighted by molar-refractivity contribution is 7.18. The number of amides is 1. The largest absolute Gasteiger partial charge is 0.379 e. The first-order chi connectivity index (χ1) is 10.7. The fraction of sp³-hybridized carbons (Fsp3) is 0.333. The number of nitrogens with zero attached hydrogens (tertiary/aromatic N) is 1. The molecule has 2 aliphatic rings. The normalized spacial score (nSPS) is 19.4. The van der Waals surface area contributed by atoms with Crippen molar-refractivity contribution in [3.05, 3.63) is 58.9 Å². The van der Waals surface area contributed by atoms with Crippen molar-refractivity contribution in [3.8, 4) is 0 Å². The van der Waals surface area contributed by atoms with E-state index in [0.29, 0.717) is 13.0 Å². The van der Waals surface area contributed by atoms with Gasteiger partial charge in [0.05, 0.1) is 24.7 Å². The Morgan fingerprint density at radius 2 is 2.14 bits per heavy atom. The highest BCUT2D eigenvalue weighted by atomic mass is 31.0. The average Bonchev–Trinajstić information content (AvgIpc) is 2.57. The molecule has 0 bridgehead atoms. The van der Waals surface area contributed by atoms with Crippen molar-refractivity contribution in [1.82, 2.24) is 10.2 Å². The Labute approximate surface area is 134 Å². The summed E-state index contributed by atoms with van der Waals surface area (Å²) in [5.41, 5.74) is 4.56. The number of dihydropyridines is 1. The molecule has 0 aliphatic carbocycles. The van der Waals surface area contributed by atoms with Crippen LogP contribution in [0.25, 0.3) is 0 Å². The van der Waals surface area contributed by atoms with Gasteiger partial charge in [-0.3, -0.25) is 4.79 Å². The molecule has 1 atom stereocenters. The van der Waals surface area contributed by atoms with Gasteiger partial charge < -0.3 is 10.2 Å². The molecule has 4 heteroatoms. The van der Waals surface area contributed by atoms with Gasteiger partial charge in [-0.15, -0.1) is 8.86 Å². The summed E-state index contributed by atoms with van der Waals surface area (Å²) in [6.07, 6.45) is 6.42. The second-order valence-corrected chi connectivity index (χ2v) is 5.49. The molecule has 1 unspecified atom stereocenters. The van der Waals surface area contributed by atoms with Crippen LogP contribution in [0.15, 0.2) is 42.2 Å². The van der Waals surface area contributed by atoms with Gasteiger partial charge in [-0.2, -0.15) is 0 Å². The lowest BCUT2D eigenvalue weighted by molar-refractivity contribution is -0.129. The van der Waals surface area contributed by atoms with Gasteiger partial charge in [-0.1, -0.05) is 38.1 Å². The monoisotopic (exact) mass is 314 g/mol. The molecule has 116 valence electrons. The maximum atomic E-state index is 12.4. The molecule has 1 aromatic rings. The van der Waals surface area contributed by atoms with Crippen LogP contribution in [0.1, 0.15) is 30.5 Å². The maximum absolute atomic E-state index is 12.4. The fourth-order valence-corrected chi connectivity index (χ4v) is 2.87. The third-order valence-corrected chi connectivity index (χ3v) is 4.21. The smallest absolute Gasteiger partial charge is 0.231 e. The lowest BCUT2D eigenvalue weighted by Gasteiger charge is -2.32. The zero-order chi connectivity index (χ0) is 16.1. The fourth-order valence-electron chi connectivity index (χ4n) is 2.66. The zero-order valence-electron chi connectivity index (χ0n) is 13.4. The van der Waals surface area contributed by atoms with E-state index in [2.05, 4.69) is 39.3 Å². The Morgan fingerprint density at radius 1 is 1.36 bits per heavy atom. The van der Waals surface area contributed by atoms with Gasteiger partial charge in [-0.25, -0.2) is 0 Å². The average molecular weight is 314 g/mol. The molecule has 0 radical (unpaired) electrons. The van der Waals surface area contributed by atoms with E-state index in [1.165, 1.54) is 16.7 Å². The first kappa shape index (κ1) is 16.5. The lowest BCUT2D eigenvalue weighted by atomic mass is 9.94. The summed E-state index contributed by atoms with van der Waals surface area (Å²) in [6.45, 7) is 6.72. The van der Waals surface area contributed by atoms with Crippen LogP contribution in [0.5, 0.6) is 0 Å². The van der Waals surface area contributed by atoms with Gasteiger partial charge in [0.2, 0.25) is 5.91 Å². The molecule has 0 aromatic heterocycles. The molecule has 0 saturated carbocycles. The summed E-state index contributed by atoms with van der Waals surface area (Å²) < 4.78 is 0. The van der Waals surface area contributed by atoms with Crippen LogP contribution in [-0.4, -0.2) is 22.6 Å². The minimum atomic E-state index is 0.158. The number of allylic oxidation sites excluding steroid dienone is 1. The molecule has 2 aliphatic heterocycles. The third kappa shape index (κ3) is 3.31. The highest BCUT2D eigenvalue weighted by Crippen LogP contribution is 2.26. The van der Waals surface area contributed by atoms with Gasteiger partial charge in [0.15, 0.2) is 0 Å². The van der Waals surface area contributed by atoms with Crippen molar-refractivity contribution in [2.45, 2.75) is 39.8 Å². The van der Waals surface area contributed by atoms with Crippen LogP contribution >= 0.6 is 8.86 Å². The Morgan fingerprint density at radius 3 is 2.77 bits per heavy atom. The number of hydrogen-bond acceptors (Lipinski definition) is 2. The summed E-state index contributed by atoms with van der Waals surface area (Å²) in [6, 6.07) is 6.40. The van der Waals surface area contributed by atoms with Gasteiger partial charge in [0, 0.05) is 6.20 Å². The summed E-state index contributed by atoms with van der Waals surface area (Å²) in [4.78, 5) is 14.2. The second kappa shape index (κ2) is 7.42. The second-order valence-electron chi connectivity index (χ2n) is 5.16. The van der Waals surface area contributed by atoms with Crippen molar-refractivity contribution < 1.29 is 4.79 Å². The SMILES string of the molecule is CC.Cc1cccc2c1CC(=O)N(C1=CNC(C=P)C=C1)C2. The zero-order valence-corrected chi connectivity index (χ0v) is 14.4. The van der Waals surface area contributed by atoms with Crippen molar-refractivity contribution in [2.24, 2.45) is 0 Å². The molecule has 3 rings (SSSR count). The topological polar surface area (TPSA) is 32.3 Å². The van der Waals surface area contributed by atoms with E-state index in [1.54, 1.807) is 0 Å². The Hall–Kier alpha value is -1.86. The first-order valence-corrected chi connectivity index (χ1v) is 8.29. The van der Waals surface area contributed by atoms with Crippen LogP contribution in [0.2, 0.25) is 0 Å². The summed E-state index contributed by atoms with van der Waals surface area (Å²) in [7, 11) is 3.37. The maximum Gasteiger partial charge on any atom is 0.231 e. The molecule has 1 amide bonds. The van der Waals surface area contributed by atoms with Crippen molar-refractivity contribution >= 4 is 20.6 Å². The van der Waals surface area contributed by atoms with Crippen molar-refractivity contribution in [3.63, 3.8) is 0 Å². The Kier molecular flexibility index (Phi) is 5.57. The van der Waals surface area contributed by atoms with E-state index in [4.69, 9.17) is 0 Å².